The average molecular weight is 629 g/mol. The lowest BCUT2D eigenvalue weighted by Gasteiger charge is -2.38. The van der Waals surface area contributed by atoms with Crippen molar-refractivity contribution in [2.45, 2.75) is 89.7 Å². The number of aromatic nitrogens is 1. The number of benzene rings is 2. The summed E-state index contributed by atoms with van der Waals surface area (Å²) in [6.07, 6.45) is 8.15. The lowest BCUT2D eigenvalue weighted by Crippen LogP contribution is -2.51. The number of amides is 2. The number of hydrogen-bond donors (Lipinski definition) is 1. The lowest BCUT2D eigenvalue weighted by molar-refractivity contribution is -0.133. The highest BCUT2D eigenvalue weighted by atomic mass is 16.5. The fourth-order valence-corrected chi connectivity index (χ4v) is 7.74. The summed E-state index contributed by atoms with van der Waals surface area (Å²) in [5.74, 6) is 0.101. The van der Waals surface area contributed by atoms with Gasteiger partial charge in [-0.25, -0.2) is 0 Å². The largest absolute Gasteiger partial charge is 0.376 e. The van der Waals surface area contributed by atoms with E-state index in [0.29, 0.717) is 25.1 Å². The minimum atomic E-state index is -0.152. The van der Waals surface area contributed by atoms with Gasteiger partial charge in [0.05, 0.1) is 42.9 Å². The van der Waals surface area contributed by atoms with E-state index in [0.717, 1.165) is 79.2 Å². The average Bonchev–Trinajstić information content (AvgIpc) is 3.63. The molecular formula is C37H48N4O5. The molecule has 1 saturated carbocycles. The van der Waals surface area contributed by atoms with E-state index >= 15 is 0 Å². The number of nitrogens with zero attached hydrogens (tertiary/aromatic N) is 3. The van der Waals surface area contributed by atoms with Crippen molar-refractivity contribution in [2.75, 3.05) is 31.6 Å². The molecule has 3 heterocycles. The second-order valence-electron chi connectivity index (χ2n) is 13.8. The SMILES string of the molecule is Cc1cc(CC(=O)N2C[C@@H](N3C[C@@H](C)O[C@@H](C)C3)C[C@H]2COC2CCC(C=O)CC2)ccc1NC(=O)c1cn(C)c2ccccc12. The Bertz CT molecular complexity index is 1550. The molecule has 3 fully saturated rings. The third kappa shape index (κ3) is 7.22. The molecule has 3 aliphatic rings. The minimum Gasteiger partial charge on any atom is -0.376 e. The Balaban J connectivity index is 1.12. The molecule has 3 aromatic rings. The number of ether oxygens (including phenoxy) is 2. The van der Waals surface area contributed by atoms with Gasteiger partial charge in [0.1, 0.15) is 6.29 Å². The highest BCUT2D eigenvalue weighted by Crippen LogP contribution is 2.30. The van der Waals surface area contributed by atoms with Crippen LogP contribution in [-0.2, 0) is 32.5 Å². The maximum atomic E-state index is 13.9. The van der Waals surface area contributed by atoms with Gasteiger partial charge in [0.25, 0.3) is 5.91 Å². The maximum Gasteiger partial charge on any atom is 0.257 e. The van der Waals surface area contributed by atoms with E-state index in [1.807, 2.05) is 72.1 Å². The van der Waals surface area contributed by atoms with E-state index in [-0.39, 0.29) is 48.1 Å². The van der Waals surface area contributed by atoms with Gasteiger partial charge in [0, 0.05) is 61.4 Å². The predicted octanol–water partition coefficient (Wildman–Crippen LogP) is 5.13. The molecule has 246 valence electrons. The molecule has 9 heteroatoms. The third-order valence-corrected chi connectivity index (χ3v) is 10.1. The Morgan fingerprint density at radius 3 is 2.48 bits per heavy atom. The smallest absolute Gasteiger partial charge is 0.257 e. The van der Waals surface area contributed by atoms with Crippen molar-refractivity contribution in [1.29, 1.82) is 0 Å². The van der Waals surface area contributed by atoms with Gasteiger partial charge in [-0.05, 0) is 76.1 Å². The van der Waals surface area contributed by atoms with Gasteiger partial charge in [-0.3, -0.25) is 14.5 Å². The molecule has 9 nitrogen and oxygen atoms in total. The number of nitrogens with one attached hydrogen (secondary N) is 1. The van der Waals surface area contributed by atoms with E-state index in [9.17, 15) is 14.4 Å². The standard InChI is InChI=1S/C37H48N4O5/c1-24-15-28(11-14-34(24)38-37(44)33-21-39(4)35-8-6-5-7-32(33)35)16-36(43)41-20-29(40-18-25(2)46-26(3)19-40)17-30(41)23-45-31-12-9-27(22-42)10-13-31/h5-8,11,14-15,21-22,25-27,29-31H,9-10,12-13,16-20,23H2,1-4H3,(H,38,44)/t25-,26+,27?,29-,30-,31?/m0/s1. The molecule has 2 saturated heterocycles. The number of carbonyl (C=O) groups excluding carboxylic acids is 3. The minimum absolute atomic E-state index is 0.00936. The molecule has 0 bridgehead atoms. The summed E-state index contributed by atoms with van der Waals surface area (Å²) in [4.78, 5) is 42.9. The van der Waals surface area contributed by atoms with Crippen molar-refractivity contribution in [3.8, 4) is 0 Å². The monoisotopic (exact) mass is 628 g/mol. The molecular weight excluding hydrogens is 580 g/mol. The summed E-state index contributed by atoms with van der Waals surface area (Å²) in [6.45, 7) is 9.14. The van der Waals surface area contributed by atoms with Crippen LogP contribution in [0, 0.1) is 12.8 Å². The van der Waals surface area contributed by atoms with Crippen LogP contribution in [0.3, 0.4) is 0 Å². The van der Waals surface area contributed by atoms with Gasteiger partial charge in [-0.1, -0.05) is 30.3 Å². The molecule has 2 aromatic carbocycles. The molecule has 0 spiro atoms. The number of aldehydes is 1. The number of likely N-dealkylation sites (tertiary alicyclic amines) is 1. The van der Waals surface area contributed by atoms with Gasteiger partial charge in [0.2, 0.25) is 5.91 Å². The van der Waals surface area contributed by atoms with E-state index in [1.165, 1.54) is 0 Å². The number of rotatable bonds is 9. The topological polar surface area (TPSA) is 93.1 Å². The number of para-hydroxylation sites is 1. The summed E-state index contributed by atoms with van der Waals surface area (Å²) >= 11 is 0. The molecule has 0 radical (unpaired) electrons. The third-order valence-electron chi connectivity index (χ3n) is 10.1. The zero-order valence-corrected chi connectivity index (χ0v) is 27.6. The van der Waals surface area contributed by atoms with Crippen molar-refractivity contribution >= 4 is 34.7 Å². The first-order valence-corrected chi connectivity index (χ1v) is 16.9. The number of hydrogen-bond acceptors (Lipinski definition) is 6. The Morgan fingerprint density at radius 2 is 1.76 bits per heavy atom. The van der Waals surface area contributed by atoms with Crippen LogP contribution in [0.25, 0.3) is 10.9 Å². The fourth-order valence-electron chi connectivity index (χ4n) is 7.74. The van der Waals surface area contributed by atoms with Crippen LogP contribution in [0.1, 0.15) is 67.4 Å². The molecule has 2 aliphatic heterocycles. The van der Waals surface area contributed by atoms with Crippen molar-refractivity contribution in [2.24, 2.45) is 13.0 Å². The first-order valence-electron chi connectivity index (χ1n) is 16.9. The first kappa shape index (κ1) is 32.4. The lowest BCUT2D eigenvalue weighted by atomic mass is 9.88. The summed E-state index contributed by atoms with van der Waals surface area (Å²) in [6, 6.07) is 14.0. The van der Waals surface area contributed by atoms with E-state index in [2.05, 4.69) is 24.1 Å². The molecule has 4 atom stereocenters. The van der Waals surface area contributed by atoms with E-state index in [1.54, 1.807) is 0 Å². The van der Waals surface area contributed by atoms with Crippen LogP contribution in [0.4, 0.5) is 5.69 Å². The first-order chi connectivity index (χ1) is 22.2. The molecule has 6 rings (SSSR count). The van der Waals surface area contributed by atoms with Crippen LogP contribution in [0.5, 0.6) is 0 Å². The quantitative estimate of drug-likeness (QED) is 0.330. The second kappa shape index (κ2) is 14.1. The van der Waals surface area contributed by atoms with Crippen LogP contribution >= 0.6 is 0 Å². The van der Waals surface area contributed by atoms with Crippen LogP contribution in [0.2, 0.25) is 0 Å². The normalized spacial score (nSPS) is 27.2. The van der Waals surface area contributed by atoms with Gasteiger partial charge < -0.3 is 29.1 Å². The zero-order chi connectivity index (χ0) is 32.4. The van der Waals surface area contributed by atoms with Gasteiger partial charge in [-0.2, -0.15) is 0 Å². The molecule has 1 N–H and O–H groups in total. The molecule has 1 aliphatic carbocycles. The van der Waals surface area contributed by atoms with Crippen molar-refractivity contribution in [3.05, 3.63) is 65.4 Å². The van der Waals surface area contributed by atoms with Gasteiger partial charge >= 0.3 is 0 Å². The highest BCUT2D eigenvalue weighted by molar-refractivity contribution is 6.13. The second-order valence-corrected chi connectivity index (χ2v) is 13.8. The molecule has 2 amide bonds. The summed E-state index contributed by atoms with van der Waals surface area (Å²) in [5, 5.41) is 4.00. The van der Waals surface area contributed by atoms with Crippen molar-refractivity contribution < 1.29 is 23.9 Å². The number of fused-ring (bicyclic) bond motifs is 1. The Kier molecular flexibility index (Phi) is 9.92. The summed E-state index contributed by atoms with van der Waals surface area (Å²) in [5.41, 5.74) is 4.22. The Labute approximate surface area is 272 Å². The van der Waals surface area contributed by atoms with Crippen LogP contribution in [0.15, 0.2) is 48.7 Å². The van der Waals surface area contributed by atoms with Crippen LogP contribution < -0.4 is 5.32 Å². The summed E-state index contributed by atoms with van der Waals surface area (Å²) in [7, 11) is 1.94. The predicted molar refractivity (Wildman–Crippen MR) is 179 cm³/mol. The maximum absolute atomic E-state index is 13.9. The van der Waals surface area contributed by atoms with E-state index in [4.69, 9.17) is 9.47 Å². The van der Waals surface area contributed by atoms with Gasteiger partial charge in [-0.15, -0.1) is 0 Å². The van der Waals surface area contributed by atoms with Crippen molar-refractivity contribution in [3.63, 3.8) is 0 Å². The Morgan fingerprint density at radius 1 is 1.02 bits per heavy atom. The number of aryl methyl sites for hydroxylation is 2. The number of carbonyl (C=O) groups is 3. The van der Waals surface area contributed by atoms with E-state index < -0.39 is 0 Å². The number of morpholine rings is 1. The molecule has 1 aromatic heterocycles. The summed E-state index contributed by atoms with van der Waals surface area (Å²) < 4.78 is 14.4. The molecule has 46 heavy (non-hydrogen) atoms. The van der Waals surface area contributed by atoms with Gasteiger partial charge in [0.15, 0.2) is 0 Å². The molecule has 0 unspecified atom stereocenters. The Hall–Kier alpha value is -3.53. The fraction of sp³-hybridized carbons (Fsp3) is 0.541. The van der Waals surface area contributed by atoms with Crippen LogP contribution in [-0.4, -0.2) is 89.1 Å². The van der Waals surface area contributed by atoms with Crippen molar-refractivity contribution in [1.82, 2.24) is 14.4 Å². The highest BCUT2D eigenvalue weighted by Gasteiger charge is 2.40. The zero-order valence-electron chi connectivity index (χ0n) is 27.6. The number of anilines is 1.